The monoisotopic (exact) mass is 396 g/mol. The summed E-state index contributed by atoms with van der Waals surface area (Å²) in [5.74, 6) is -0.0873. The van der Waals surface area contributed by atoms with Crippen LogP contribution in [0.2, 0.25) is 10.0 Å². The fourth-order valence-electron chi connectivity index (χ4n) is 2.29. The molecule has 3 aromatic rings. The molecule has 3 rings (SSSR count). The molecular weight excluding hydrogens is 383 g/mol. The minimum Gasteiger partial charge on any atom is -0.349 e. The van der Waals surface area contributed by atoms with Crippen molar-refractivity contribution in [2.24, 2.45) is 0 Å². The van der Waals surface area contributed by atoms with Crippen LogP contribution in [-0.4, -0.2) is 10.9 Å². The van der Waals surface area contributed by atoms with E-state index in [1.165, 1.54) is 0 Å². The summed E-state index contributed by atoms with van der Waals surface area (Å²) >= 11 is 15.3. The Balaban J connectivity index is 1.63. The molecule has 1 amide bonds. The second-order valence-electron chi connectivity index (χ2n) is 5.29. The van der Waals surface area contributed by atoms with Crippen LogP contribution in [-0.2, 0) is 11.2 Å². The predicted molar refractivity (Wildman–Crippen MR) is 102 cm³/mol. The molecule has 2 heterocycles. The molecule has 0 aliphatic carbocycles. The predicted octanol–water partition coefficient (Wildman–Crippen LogP) is 5.60. The van der Waals surface area contributed by atoms with Gasteiger partial charge in [0.05, 0.1) is 18.2 Å². The van der Waals surface area contributed by atoms with E-state index < -0.39 is 0 Å². The Hall–Kier alpha value is -1.40. The normalized spacial score (nSPS) is 12.1. The molecule has 7 heteroatoms. The molecular formula is C17H14Cl2N2OS2. The summed E-state index contributed by atoms with van der Waals surface area (Å²) in [5, 5.41) is 11.0. The molecule has 0 unspecified atom stereocenters. The Labute approximate surface area is 158 Å². The average Bonchev–Trinajstić information content (AvgIpc) is 3.17. The highest BCUT2D eigenvalue weighted by Gasteiger charge is 2.15. The third-order valence-corrected chi connectivity index (χ3v) is 5.65. The number of thiazole rings is 1. The number of aromatic nitrogens is 1. The number of nitrogens with one attached hydrogen (secondary N) is 1. The number of carbonyl (C=O) groups excluding carboxylic acids is 1. The molecule has 1 atom stereocenters. The molecule has 0 spiro atoms. The van der Waals surface area contributed by atoms with Crippen molar-refractivity contribution >= 4 is 51.8 Å². The van der Waals surface area contributed by atoms with E-state index in [1.54, 1.807) is 34.8 Å². The van der Waals surface area contributed by atoms with Gasteiger partial charge in [0.2, 0.25) is 5.91 Å². The van der Waals surface area contributed by atoms with Crippen LogP contribution in [0.4, 0.5) is 0 Å². The van der Waals surface area contributed by atoms with Crippen LogP contribution in [0.25, 0.3) is 10.6 Å². The summed E-state index contributed by atoms with van der Waals surface area (Å²) < 4.78 is 0. The Morgan fingerprint density at radius 1 is 1.29 bits per heavy atom. The Kier molecular flexibility index (Phi) is 5.56. The number of benzene rings is 1. The van der Waals surface area contributed by atoms with E-state index in [4.69, 9.17) is 23.2 Å². The fraction of sp³-hybridized carbons (Fsp3) is 0.176. The van der Waals surface area contributed by atoms with Gasteiger partial charge >= 0.3 is 0 Å². The van der Waals surface area contributed by atoms with Gasteiger partial charge in [-0.2, -0.15) is 11.3 Å². The number of amides is 1. The molecule has 0 saturated heterocycles. The zero-order valence-electron chi connectivity index (χ0n) is 12.8. The van der Waals surface area contributed by atoms with Crippen molar-refractivity contribution in [1.29, 1.82) is 0 Å². The number of rotatable bonds is 5. The number of halogens is 2. The van der Waals surface area contributed by atoms with Crippen LogP contribution in [0.1, 0.15) is 24.2 Å². The minimum atomic E-state index is -0.197. The summed E-state index contributed by atoms with van der Waals surface area (Å²) in [5.41, 5.74) is 2.71. The Bertz CT molecular complexity index is 846. The van der Waals surface area contributed by atoms with E-state index in [-0.39, 0.29) is 18.4 Å². The molecule has 0 fully saturated rings. The van der Waals surface area contributed by atoms with Crippen molar-refractivity contribution in [1.82, 2.24) is 10.3 Å². The lowest BCUT2D eigenvalue weighted by Crippen LogP contribution is -2.28. The van der Waals surface area contributed by atoms with Crippen molar-refractivity contribution in [2.45, 2.75) is 19.4 Å². The molecule has 24 heavy (non-hydrogen) atoms. The van der Waals surface area contributed by atoms with Gasteiger partial charge in [0.25, 0.3) is 0 Å². The molecule has 0 radical (unpaired) electrons. The maximum atomic E-state index is 12.3. The summed E-state index contributed by atoms with van der Waals surface area (Å²) in [6, 6.07) is 7.09. The minimum absolute atomic E-state index is 0.0873. The van der Waals surface area contributed by atoms with E-state index in [0.29, 0.717) is 10.0 Å². The van der Waals surface area contributed by atoms with Crippen molar-refractivity contribution in [3.8, 4) is 10.6 Å². The van der Waals surface area contributed by atoms with Crippen LogP contribution < -0.4 is 5.32 Å². The highest BCUT2D eigenvalue weighted by molar-refractivity contribution is 7.14. The van der Waals surface area contributed by atoms with Gasteiger partial charge in [0, 0.05) is 26.4 Å². The molecule has 0 aliphatic rings. The summed E-state index contributed by atoms with van der Waals surface area (Å²) in [6.45, 7) is 1.89. The van der Waals surface area contributed by atoms with Gasteiger partial charge in [0.1, 0.15) is 5.01 Å². The van der Waals surface area contributed by atoms with Gasteiger partial charge in [-0.25, -0.2) is 4.98 Å². The molecule has 2 aromatic heterocycles. The lowest BCUT2D eigenvalue weighted by molar-refractivity contribution is -0.121. The second kappa shape index (κ2) is 7.66. The lowest BCUT2D eigenvalue weighted by Gasteiger charge is -2.15. The molecule has 1 N–H and O–H groups in total. The molecule has 3 nitrogen and oxygen atoms in total. The van der Waals surface area contributed by atoms with Gasteiger partial charge in [-0.05, 0) is 36.1 Å². The van der Waals surface area contributed by atoms with Crippen molar-refractivity contribution < 1.29 is 4.79 Å². The first-order valence-electron chi connectivity index (χ1n) is 7.24. The number of carbonyl (C=O) groups is 1. The van der Waals surface area contributed by atoms with Crippen molar-refractivity contribution in [2.75, 3.05) is 0 Å². The smallest absolute Gasteiger partial charge is 0.226 e. The third-order valence-electron chi connectivity index (χ3n) is 3.47. The van der Waals surface area contributed by atoms with E-state index in [1.807, 2.05) is 35.2 Å². The lowest BCUT2D eigenvalue weighted by atomic mass is 10.1. The fourth-order valence-corrected chi connectivity index (χ4v) is 4.40. The summed E-state index contributed by atoms with van der Waals surface area (Å²) in [6.07, 6.45) is 0.246. The highest BCUT2D eigenvalue weighted by atomic mass is 35.5. The first kappa shape index (κ1) is 17.4. The Morgan fingerprint density at radius 3 is 2.83 bits per heavy atom. The number of thiophene rings is 1. The number of hydrogen-bond donors (Lipinski definition) is 1. The number of hydrogen-bond acceptors (Lipinski definition) is 4. The van der Waals surface area contributed by atoms with Gasteiger partial charge in [-0.15, -0.1) is 11.3 Å². The maximum absolute atomic E-state index is 12.3. The standard InChI is InChI=1S/C17H14Cl2N2OS2/c1-10(14-3-2-12(18)6-15(14)19)20-16(22)7-13-9-24-17(21-13)11-4-5-23-8-11/h2-6,8-10H,7H2,1H3,(H,20,22)/t10-/m0/s1. The van der Waals surface area contributed by atoms with E-state index in [9.17, 15) is 4.79 Å². The molecule has 0 bridgehead atoms. The largest absolute Gasteiger partial charge is 0.349 e. The molecule has 0 aliphatic heterocycles. The van der Waals surface area contributed by atoms with Crippen molar-refractivity contribution in [3.05, 3.63) is 61.7 Å². The first-order chi connectivity index (χ1) is 11.5. The van der Waals surface area contributed by atoms with Gasteiger partial charge in [-0.1, -0.05) is 29.3 Å². The van der Waals surface area contributed by atoms with Crippen LogP contribution in [0.15, 0.2) is 40.4 Å². The maximum Gasteiger partial charge on any atom is 0.226 e. The summed E-state index contributed by atoms with van der Waals surface area (Å²) in [7, 11) is 0. The highest BCUT2D eigenvalue weighted by Crippen LogP contribution is 2.27. The topological polar surface area (TPSA) is 42.0 Å². The van der Waals surface area contributed by atoms with Crippen LogP contribution in [0.3, 0.4) is 0 Å². The van der Waals surface area contributed by atoms with Gasteiger partial charge in [0.15, 0.2) is 0 Å². The molecule has 1 aromatic carbocycles. The third kappa shape index (κ3) is 4.16. The van der Waals surface area contributed by atoms with Crippen molar-refractivity contribution in [3.63, 3.8) is 0 Å². The quantitative estimate of drug-likeness (QED) is 0.609. The van der Waals surface area contributed by atoms with Gasteiger partial charge in [-0.3, -0.25) is 4.79 Å². The van der Waals surface area contributed by atoms with E-state index in [0.717, 1.165) is 21.8 Å². The molecule has 0 saturated carbocycles. The van der Waals surface area contributed by atoms with Crippen LogP contribution in [0.5, 0.6) is 0 Å². The molecule has 124 valence electrons. The van der Waals surface area contributed by atoms with Gasteiger partial charge < -0.3 is 5.32 Å². The van der Waals surface area contributed by atoms with Crippen LogP contribution >= 0.6 is 45.9 Å². The van der Waals surface area contributed by atoms with E-state index in [2.05, 4.69) is 10.3 Å². The zero-order valence-corrected chi connectivity index (χ0v) is 15.9. The SMILES string of the molecule is C[C@H](NC(=O)Cc1csc(-c2ccsc2)n1)c1ccc(Cl)cc1Cl. The first-order valence-corrected chi connectivity index (χ1v) is 9.82. The number of nitrogens with zero attached hydrogens (tertiary/aromatic N) is 1. The Morgan fingerprint density at radius 2 is 2.12 bits per heavy atom. The average molecular weight is 397 g/mol. The van der Waals surface area contributed by atoms with Crippen LogP contribution in [0, 0.1) is 0 Å². The summed E-state index contributed by atoms with van der Waals surface area (Å²) in [4.78, 5) is 16.8. The second-order valence-corrected chi connectivity index (χ2v) is 7.77. The zero-order chi connectivity index (χ0) is 17.1. The van der Waals surface area contributed by atoms with E-state index >= 15 is 0 Å².